The molecule has 3 aromatic rings. The van der Waals surface area contributed by atoms with Crippen molar-refractivity contribution < 1.29 is 19.4 Å². The lowest BCUT2D eigenvalue weighted by Gasteiger charge is -2.18. The van der Waals surface area contributed by atoms with E-state index in [1.54, 1.807) is 25.2 Å². The average molecular weight is 392 g/mol. The Hall–Kier alpha value is -3.54. The molecule has 0 unspecified atom stereocenters. The zero-order valence-corrected chi connectivity index (χ0v) is 16.8. The molecule has 0 bridgehead atoms. The smallest absolute Gasteiger partial charge is 0.342 e. The van der Waals surface area contributed by atoms with Crippen molar-refractivity contribution in [2.75, 3.05) is 32.6 Å². The van der Waals surface area contributed by atoms with Crippen LogP contribution in [-0.4, -0.2) is 49.6 Å². The van der Waals surface area contributed by atoms with E-state index in [1.807, 2.05) is 55.4 Å². The summed E-state index contributed by atoms with van der Waals surface area (Å²) in [6, 6.07) is 18.3. The standard InChI is InChI=1S/C23H24N2O4/c1-24(2)18-11-8-16(9-12-18)14-25(3)21(26)15-29-23(28)20-13-10-17-6-4-5-7-19(17)22(20)27/h4-13,27H,14-15H2,1-3H3. The van der Waals surface area contributed by atoms with Gasteiger partial charge in [0.15, 0.2) is 6.61 Å². The molecule has 0 atom stereocenters. The number of amides is 1. The number of fused-ring (bicyclic) bond motifs is 1. The Labute approximate surface area is 169 Å². The molecular formula is C23H24N2O4. The Morgan fingerprint density at radius 2 is 1.62 bits per heavy atom. The predicted molar refractivity (Wildman–Crippen MR) is 113 cm³/mol. The number of benzene rings is 3. The summed E-state index contributed by atoms with van der Waals surface area (Å²) in [7, 11) is 5.59. The fourth-order valence-electron chi connectivity index (χ4n) is 3.00. The van der Waals surface area contributed by atoms with Crippen molar-refractivity contribution in [1.82, 2.24) is 4.90 Å². The van der Waals surface area contributed by atoms with Crippen LogP contribution in [0.1, 0.15) is 15.9 Å². The van der Waals surface area contributed by atoms with Crippen LogP contribution in [0.4, 0.5) is 5.69 Å². The number of phenolic OH excluding ortho intramolecular Hbond substituents is 1. The van der Waals surface area contributed by atoms with Gasteiger partial charge < -0.3 is 19.6 Å². The van der Waals surface area contributed by atoms with Gasteiger partial charge in [-0.15, -0.1) is 0 Å². The first-order valence-electron chi connectivity index (χ1n) is 9.25. The van der Waals surface area contributed by atoms with Gasteiger partial charge in [-0.3, -0.25) is 4.79 Å². The molecule has 0 fully saturated rings. The molecule has 29 heavy (non-hydrogen) atoms. The van der Waals surface area contributed by atoms with Crippen molar-refractivity contribution in [3.05, 3.63) is 71.8 Å². The van der Waals surface area contributed by atoms with Crippen molar-refractivity contribution in [3.8, 4) is 5.75 Å². The minimum Gasteiger partial charge on any atom is -0.506 e. The van der Waals surface area contributed by atoms with E-state index in [-0.39, 0.29) is 17.2 Å². The molecule has 6 nitrogen and oxygen atoms in total. The first kappa shape index (κ1) is 20.2. The molecule has 1 N–H and O–H groups in total. The van der Waals surface area contributed by atoms with Gasteiger partial charge in [0.1, 0.15) is 11.3 Å². The fourth-order valence-corrected chi connectivity index (χ4v) is 3.00. The third-order valence-corrected chi connectivity index (χ3v) is 4.75. The molecule has 0 aromatic heterocycles. The summed E-state index contributed by atoms with van der Waals surface area (Å²) in [5, 5.41) is 11.7. The summed E-state index contributed by atoms with van der Waals surface area (Å²) in [6.07, 6.45) is 0. The van der Waals surface area contributed by atoms with E-state index in [0.29, 0.717) is 11.9 Å². The Bertz CT molecular complexity index is 1030. The molecule has 0 aliphatic heterocycles. The van der Waals surface area contributed by atoms with Crippen molar-refractivity contribution in [1.29, 1.82) is 0 Å². The maximum absolute atomic E-state index is 12.3. The number of hydrogen-bond acceptors (Lipinski definition) is 5. The molecular weight excluding hydrogens is 368 g/mol. The highest BCUT2D eigenvalue weighted by atomic mass is 16.5. The predicted octanol–water partition coefficient (Wildman–Crippen LogP) is 3.43. The Balaban J connectivity index is 1.59. The second-order valence-corrected chi connectivity index (χ2v) is 7.07. The second-order valence-electron chi connectivity index (χ2n) is 7.07. The summed E-state index contributed by atoms with van der Waals surface area (Å²) < 4.78 is 5.13. The van der Waals surface area contributed by atoms with Crippen molar-refractivity contribution in [3.63, 3.8) is 0 Å². The normalized spacial score (nSPS) is 10.6. The largest absolute Gasteiger partial charge is 0.506 e. The number of esters is 1. The van der Waals surface area contributed by atoms with Crippen molar-refractivity contribution in [2.24, 2.45) is 0 Å². The number of aromatic hydroxyl groups is 1. The number of hydrogen-bond donors (Lipinski definition) is 1. The minimum atomic E-state index is -0.731. The maximum atomic E-state index is 12.3. The summed E-state index contributed by atoms with van der Waals surface area (Å²) >= 11 is 0. The molecule has 0 radical (unpaired) electrons. The van der Waals surface area contributed by atoms with Gasteiger partial charge in [-0.25, -0.2) is 4.79 Å². The maximum Gasteiger partial charge on any atom is 0.342 e. The molecule has 6 heteroatoms. The van der Waals surface area contributed by atoms with Crippen LogP contribution < -0.4 is 4.90 Å². The zero-order valence-electron chi connectivity index (χ0n) is 16.8. The van der Waals surface area contributed by atoms with E-state index in [2.05, 4.69) is 0 Å². The van der Waals surface area contributed by atoms with E-state index in [9.17, 15) is 14.7 Å². The molecule has 1 amide bonds. The SMILES string of the molecule is CN(Cc1ccc(N(C)C)cc1)C(=O)COC(=O)c1ccc2ccccc2c1O. The van der Waals surface area contributed by atoms with Gasteiger partial charge in [0.05, 0.1) is 0 Å². The molecule has 0 spiro atoms. The van der Waals surface area contributed by atoms with E-state index < -0.39 is 12.6 Å². The number of ether oxygens (including phenoxy) is 1. The van der Waals surface area contributed by atoms with E-state index >= 15 is 0 Å². The van der Waals surface area contributed by atoms with Crippen molar-refractivity contribution >= 4 is 28.3 Å². The van der Waals surface area contributed by atoms with Gasteiger partial charge in [0, 0.05) is 38.8 Å². The summed E-state index contributed by atoms with van der Waals surface area (Å²) in [5.41, 5.74) is 2.09. The zero-order chi connectivity index (χ0) is 21.0. The van der Waals surface area contributed by atoms with Crippen LogP contribution in [0, 0.1) is 0 Å². The summed E-state index contributed by atoms with van der Waals surface area (Å²) in [6.45, 7) is 0.0166. The molecule has 3 rings (SSSR count). The van der Waals surface area contributed by atoms with E-state index in [1.165, 1.54) is 11.0 Å². The monoisotopic (exact) mass is 392 g/mol. The number of nitrogens with zero attached hydrogens (tertiary/aromatic N) is 2. The van der Waals surface area contributed by atoms with E-state index in [0.717, 1.165) is 16.6 Å². The van der Waals surface area contributed by atoms with Crippen LogP contribution >= 0.6 is 0 Å². The Morgan fingerprint density at radius 1 is 0.931 bits per heavy atom. The number of anilines is 1. The van der Waals surface area contributed by atoms with Gasteiger partial charge >= 0.3 is 5.97 Å². The lowest BCUT2D eigenvalue weighted by Crippen LogP contribution is -2.30. The van der Waals surface area contributed by atoms with E-state index in [4.69, 9.17) is 4.74 Å². The molecule has 150 valence electrons. The molecule has 0 aliphatic rings. The van der Waals surface area contributed by atoms with Crippen LogP contribution in [-0.2, 0) is 16.1 Å². The van der Waals surface area contributed by atoms with Gasteiger partial charge in [-0.1, -0.05) is 42.5 Å². The van der Waals surface area contributed by atoms with Crippen LogP contribution in [0.2, 0.25) is 0 Å². The average Bonchev–Trinajstić information content (AvgIpc) is 2.72. The highest BCUT2D eigenvalue weighted by molar-refractivity contribution is 6.01. The first-order valence-corrected chi connectivity index (χ1v) is 9.25. The highest BCUT2D eigenvalue weighted by Crippen LogP contribution is 2.29. The molecule has 0 saturated carbocycles. The third kappa shape index (κ3) is 4.66. The Kier molecular flexibility index (Phi) is 6.02. The van der Waals surface area contributed by atoms with Crippen LogP contribution in [0.25, 0.3) is 10.8 Å². The number of rotatable bonds is 6. The Morgan fingerprint density at radius 3 is 2.31 bits per heavy atom. The van der Waals surface area contributed by atoms with Gasteiger partial charge in [0.2, 0.25) is 0 Å². The topological polar surface area (TPSA) is 70.1 Å². The molecule has 0 heterocycles. The summed E-state index contributed by atoms with van der Waals surface area (Å²) in [4.78, 5) is 28.2. The van der Waals surface area contributed by atoms with Crippen LogP contribution in [0.15, 0.2) is 60.7 Å². The molecule has 3 aromatic carbocycles. The number of carbonyl (C=O) groups is 2. The highest BCUT2D eigenvalue weighted by Gasteiger charge is 2.18. The molecule has 0 saturated heterocycles. The van der Waals surface area contributed by atoms with Crippen LogP contribution in [0.5, 0.6) is 5.75 Å². The first-order chi connectivity index (χ1) is 13.9. The minimum absolute atomic E-state index is 0.0402. The summed E-state index contributed by atoms with van der Waals surface area (Å²) in [5.74, 6) is -1.20. The van der Waals surface area contributed by atoms with Gasteiger partial charge in [-0.2, -0.15) is 0 Å². The number of phenols is 1. The number of likely N-dealkylation sites (N-methyl/N-ethyl adjacent to an activating group) is 1. The second kappa shape index (κ2) is 8.65. The lowest BCUT2D eigenvalue weighted by molar-refractivity contribution is -0.133. The quantitative estimate of drug-likeness (QED) is 0.651. The van der Waals surface area contributed by atoms with Crippen molar-refractivity contribution in [2.45, 2.75) is 6.54 Å². The third-order valence-electron chi connectivity index (χ3n) is 4.75. The fraction of sp³-hybridized carbons (Fsp3) is 0.217. The molecule has 0 aliphatic carbocycles. The van der Waals surface area contributed by atoms with Gasteiger partial charge in [-0.05, 0) is 29.1 Å². The van der Waals surface area contributed by atoms with Crippen LogP contribution in [0.3, 0.4) is 0 Å². The lowest BCUT2D eigenvalue weighted by atomic mass is 10.1. The van der Waals surface area contributed by atoms with Gasteiger partial charge in [0.25, 0.3) is 5.91 Å². The number of carbonyl (C=O) groups excluding carboxylic acids is 2.